The van der Waals surface area contributed by atoms with Gasteiger partial charge in [0.25, 0.3) is 0 Å². The molecule has 0 saturated carbocycles. The van der Waals surface area contributed by atoms with Crippen LogP contribution in [0.15, 0.2) is 0 Å². The molecule has 0 amide bonds. The zero-order chi connectivity index (χ0) is 11.3. The second-order valence-corrected chi connectivity index (χ2v) is 6.76. The van der Waals surface area contributed by atoms with Crippen molar-refractivity contribution in [3.63, 3.8) is 0 Å². The summed E-state index contributed by atoms with van der Waals surface area (Å²) in [5.74, 6) is 0. The van der Waals surface area contributed by atoms with Gasteiger partial charge in [-0.3, -0.25) is 9.00 Å². The largest absolute Gasteiger partial charge is 0.377 e. The van der Waals surface area contributed by atoms with Crippen molar-refractivity contribution in [3.05, 3.63) is 0 Å². The summed E-state index contributed by atoms with van der Waals surface area (Å²) in [7, 11) is -2.75. The SMILES string of the molecule is CCCO[C@@H]1CCCN([SH](C)(=O)C=O)C1. The average Bonchev–Trinajstić information content (AvgIpc) is 2.27. The van der Waals surface area contributed by atoms with Crippen LogP contribution in [0.4, 0.5) is 0 Å². The molecule has 1 aliphatic heterocycles. The number of rotatable bonds is 5. The van der Waals surface area contributed by atoms with Crippen LogP contribution in [0.5, 0.6) is 0 Å². The molecule has 1 heterocycles. The van der Waals surface area contributed by atoms with E-state index in [2.05, 4.69) is 6.92 Å². The summed E-state index contributed by atoms with van der Waals surface area (Å²) >= 11 is 0. The van der Waals surface area contributed by atoms with Crippen LogP contribution in [0.1, 0.15) is 26.2 Å². The lowest BCUT2D eigenvalue weighted by Gasteiger charge is -2.36. The second kappa shape index (κ2) is 5.72. The molecule has 0 unspecified atom stereocenters. The molecule has 15 heavy (non-hydrogen) atoms. The Balaban J connectivity index is 2.48. The first-order chi connectivity index (χ1) is 7.10. The van der Waals surface area contributed by atoms with Gasteiger partial charge in [-0.05, 0) is 29.4 Å². The molecule has 1 atom stereocenters. The van der Waals surface area contributed by atoms with Crippen LogP contribution >= 0.6 is 0 Å². The molecule has 0 aromatic rings. The molecule has 1 saturated heterocycles. The quantitative estimate of drug-likeness (QED) is 0.561. The Morgan fingerprint density at radius 2 is 2.33 bits per heavy atom. The van der Waals surface area contributed by atoms with E-state index in [-0.39, 0.29) is 6.10 Å². The molecule has 0 radical (unpaired) electrons. The zero-order valence-corrected chi connectivity index (χ0v) is 10.4. The van der Waals surface area contributed by atoms with Crippen molar-refractivity contribution in [1.82, 2.24) is 4.31 Å². The van der Waals surface area contributed by atoms with Crippen LogP contribution in [0, 0.1) is 0 Å². The minimum absolute atomic E-state index is 0.145. The van der Waals surface area contributed by atoms with Crippen molar-refractivity contribution in [1.29, 1.82) is 0 Å². The fourth-order valence-corrected chi connectivity index (χ4v) is 2.95. The highest BCUT2D eigenvalue weighted by molar-refractivity contribution is 8.12. The van der Waals surface area contributed by atoms with Crippen LogP contribution in [0.25, 0.3) is 0 Å². The molecule has 90 valence electrons. The Bertz CT molecular complexity index is 257. The maximum absolute atomic E-state index is 11.9. The monoisotopic (exact) mass is 235 g/mol. The molecule has 0 aromatic carbocycles. The maximum Gasteiger partial charge on any atom is 0.194 e. The van der Waals surface area contributed by atoms with Crippen molar-refractivity contribution in [2.45, 2.75) is 32.3 Å². The van der Waals surface area contributed by atoms with Crippen LogP contribution in [0.3, 0.4) is 0 Å². The lowest BCUT2D eigenvalue weighted by atomic mass is 10.1. The van der Waals surface area contributed by atoms with Crippen molar-refractivity contribution in [3.8, 4) is 0 Å². The predicted octanol–water partition coefficient (Wildman–Crippen LogP) is 0.629. The van der Waals surface area contributed by atoms with Crippen LogP contribution in [0.2, 0.25) is 0 Å². The van der Waals surface area contributed by atoms with Crippen LogP contribution in [-0.4, -0.2) is 46.2 Å². The van der Waals surface area contributed by atoms with Gasteiger partial charge in [-0.15, -0.1) is 0 Å². The molecule has 1 aliphatic rings. The van der Waals surface area contributed by atoms with Gasteiger partial charge in [-0.25, -0.2) is 4.31 Å². The Morgan fingerprint density at radius 1 is 1.60 bits per heavy atom. The molecule has 1 fully saturated rings. The van der Waals surface area contributed by atoms with Gasteiger partial charge in [0.2, 0.25) is 0 Å². The van der Waals surface area contributed by atoms with E-state index in [1.54, 1.807) is 4.31 Å². The van der Waals surface area contributed by atoms with Crippen LogP contribution in [-0.2, 0) is 19.7 Å². The Morgan fingerprint density at radius 3 is 2.93 bits per heavy atom. The van der Waals surface area contributed by atoms with Gasteiger partial charge in [-0.2, -0.15) is 0 Å². The number of carbonyl (C=O) groups is 1. The molecule has 1 rings (SSSR count). The van der Waals surface area contributed by atoms with Crippen molar-refractivity contribution in [2.24, 2.45) is 0 Å². The normalized spacial score (nSPS) is 25.1. The van der Waals surface area contributed by atoms with Gasteiger partial charge in [0.1, 0.15) is 0 Å². The highest BCUT2D eigenvalue weighted by Crippen LogP contribution is 2.18. The first kappa shape index (κ1) is 12.8. The van der Waals surface area contributed by atoms with Crippen molar-refractivity contribution in [2.75, 3.05) is 26.0 Å². The van der Waals surface area contributed by atoms with Crippen molar-refractivity contribution >= 4 is 15.7 Å². The van der Waals surface area contributed by atoms with Gasteiger partial charge in [0.05, 0.1) is 6.10 Å². The minimum Gasteiger partial charge on any atom is -0.377 e. The average molecular weight is 235 g/mol. The number of piperidine rings is 1. The number of ether oxygens (including phenoxy) is 1. The van der Waals surface area contributed by atoms with E-state index in [9.17, 15) is 9.00 Å². The minimum atomic E-state index is -2.75. The van der Waals surface area contributed by atoms with Gasteiger partial charge in [0, 0.05) is 26.0 Å². The standard InChI is InChI=1S/C10H21NO3S/c1-3-7-14-10-5-4-6-11(8-10)15(2,13)9-12/h9-10,15H,3-8H2,1-2H3/t10-/m1/s1. The number of thiol groups is 1. The topological polar surface area (TPSA) is 46.6 Å². The number of carbonyl (C=O) groups excluding carboxylic acids is 1. The fourth-order valence-electron chi connectivity index (χ4n) is 1.77. The highest BCUT2D eigenvalue weighted by Gasteiger charge is 2.26. The number of nitrogens with zero attached hydrogens (tertiary/aromatic N) is 1. The zero-order valence-electron chi connectivity index (χ0n) is 9.52. The summed E-state index contributed by atoms with van der Waals surface area (Å²) in [5.41, 5.74) is 0.592. The Labute approximate surface area is 92.5 Å². The lowest BCUT2D eigenvalue weighted by Crippen LogP contribution is -2.46. The second-order valence-electron chi connectivity index (χ2n) is 4.10. The summed E-state index contributed by atoms with van der Waals surface area (Å²) in [5, 5.41) is 0. The van der Waals surface area contributed by atoms with E-state index in [0.717, 1.165) is 32.4 Å². The predicted molar refractivity (Wildman–Crippen MR) is 63.0 cm³/mol. The number of hydrogen-bond donors (Lipinski definition) is 1. The summed E-state index contributed by atoms with van der Waals surface area (Å²) in [4.78, 5) is 10.7. The van der Waals surface area contributed by atoms with Crippen molar-refractivity contribution < 1.29 is 13.7 Å². The summed E-state index contributed by atoms with van der Waals surface area (Å²) in [6, 6.07) is 0. The van der Waals surface area contributed by atoms with E-state index in [0.29, 0.717) is 12.2 Å². The Hall–Kier alpha value is -0.260. The van der Waals surface area contributed by atoms with E-state index in [1.807, 2.05) is 0 Å². The summed E-state index contributed by atoms with van der Waals surface area (Å²) in [6.07, 6.45) is 4.64. The van der Waals surface area contributed by atoms with Gasteiger partial charge in [0.15, 0.2) is 5.62 Å². The van der Waals surface area contributed by atoms with E-state index >= 15 is 0 Å². The van der Waals surface area contributed by atoms with Gasteiger partial charge < -0.3 is 4.74 Å². The van der Waals surface area contributed by atoms with Gasteiger partial charge in [-0.1, -0.05) is 6.92 Å². The molecular weight excluding hydrogens is 214 g/mol. The molecule has 0 N–H and O–H groups in total. The lowest BCUT2D eigenvalue weighted by molar-refractivity contribution is 0.0201. The third-order valence-electron chi connectivity index (χ3n) is 2.67. The number of hydrogen-bond acceptors (Lipinski definition) is 3. The smallest absolute Gasteiger partial charge is 0.194 e. The first-order valence-electron chi connectivity index (χ1n) is 5.50. The molecule has 5 heteroatoms. The molecule has 0 spiro atoms. The third kappa shape index (κ3) is 3.66. The van der Waals surface area contributed by atoms with E-state index in [4.69, 9.17) is 4.74 Å². The fraction of sp³-hybridized carbons (Fsp3) is 0.900. The highest BCUT2D eigenvalue weighted by atomic mass is 32.3. The van der Waals surface area contributed by atoms with E-state index < -0.39 is 10.1 Å². The Kier molecular flexibility index (Phi) is 4.89. The molecule has 0 aliphatic carbocycles. The first-order valence-corrected chi connectivity index (χ1v) is 7.68. The van der Waals surface area contributed by atoms with Crippen LogP contribution < -0.4 is 0 Å². The van der Waals surface area contributed by atoms with E-state index in [1.165, 1.54) is 6.26 Å². The van der Waals surface area contributed by atoms with Gasteiger partial charge >= 0.3 is 0 Å². The molecule has 4 nitrogen and oxygen atoms in total. The summed E-state index contributed by atoms with van der Waals surface area (Å²) < 4.78 is 19.3. The molecule has 0 aromatic heterocycles. The molecule has 0 bridgehead atoms. The third-order valence-corrected chi connectivity index (χ3v) is 4.55. The molecular formula is C10H21NO3S. The maximum atomic E-state index is 11.9. The summed E-state index contributed by atoms with van der Waals surface area (Å²) in [6.45, 7) is 4.19.